The molecule has 0 radical (unpaired) electrons. The molecule has 4 amide bonds. The molecule has 122 valence electrons. The SMILES string of the molecule is O=C(NCCN1C(=O)c2ccccc2C1=O)NCC1CCCO1. The summed E-state index contributed by atoms with van der Waals surface area (Å²) in [4.78, 5) is 37.1. The second-order valence-electron chi connectivity index (χ2n) is 5.58. The van der Waals surface area contributed by atoms with Crippen LogP contribution >= 0.6 is 0 Å². The van der Waals surface area contributed by atoms with Crippen LogP contribution in [-0.2, 0) is 4.74 Å². The molecule has 0 bridgehead atoms. The number of hydrogen-bond donors (Lipinski definition) is 2. The Hall–Kier alpha value is -2.41. The Labute approximate surface area is 134 Å². The summed E-state index contributed by atoms with van der Waals surface area (Å²) in [6, 6.07) is 6.40. The lowest BCUT2D eigenvalue weighted by atomic mass is 10.1. The van der Waals surface area contributed by atoms with Crippen LogP contribution in [-0.4, -0.2) is 55.1 Å². The summed E-state index contributed by atoms with van der Waals surface area (Å²) in [7, 11) is 0. The molecular weight excluding hydrogens is 298 g/mol. The summed E-state index contributed by atoms with van der Waals surface area (Å²) >= 11 is 0. The zero-order valence-corrected chi connectivity index (χ0v) is 12.7. The Kier molecular flexibility index (Phi) is 4.57. The number of imide groups is 1. The molecule has 23 heavy (non-hydrogen) atoms. The summed E-state index contributed by atoms with van der Waals surface area (Å²) in [6.45, 7) is 1.58. The Morgan fingerprint density at radius 2 is 1.87 bits per heavy atom. The number of carbonyl (C=O) groups is 3. The van der Waals surface area contributed by atoms with Crippen LogP contribution in [0.5, 0.6) is 0 Å². The Morgan fingerprint density at radius 3 is 2.48 bits per heavy atom. The Bertz CT molecular complexity index is 591. The standard InChI is InChI=1S/C16H19N3O4/c20-14-12-5-1-2-6-13(12)15(21)19(14)8-7-17-16(22)18-10-11-4-3-9-23-11/h1-2,5-6,11H,3-4,7-10H2,(H2,17,18,22). The third kappa shape index (κ3) is 3.34. The molecule has 1 aromatic carbocycles. The largest absolute Gasteiger partial charge is 0.376 e. The molecule has 3 rings (SSSR count). The summed E-state index contributed by atoms with van der Waals surface area (Å²) in [6.07, 6.45) is 2.06. The van der Waals surface area contributed by atoms with E-state index >= 15 is 0 Å². The van der Waals surface area contributed by atoms with E-state index in [1.807, 2.05) is 0 Å². The number of carbonyl (C=O) groups excluding carboxylic acids is 3. The monoisotopic (exact) mass is 317 g/mol. The van der Waals surface area contributed by atoms with Gasteiger partial charge in [-0.15, -0.1) is 0 Å². The Morgan fingerprint density at radius 1 is 1.17 bits per heavy atom. The van der Waals surface area contributed by atoms with Crippen LogP contribution in [0.3, 0.4) is 0 Å². The second-order valence-corrected chi connectivity index (χ2v) is 5.58. The number of nitrogens with zero attached hydrogens (tertiary/aromatic N) is 1. The second kappa shape index (κ2) is 6.78. The molecule has 1 atom stereocenters. The number of fused-ring (bicyclic) bond motifs is 1. The molecule has 2 N–H and O–H groups in total. The number of hydrogen-bond acceptors (Lipinski definition) is 4. The molecule has 0 saturated carbocycles. The van der Waals surface area contributed by atoms with Crippen molar-refractivity contribution in [1.82, 2.24) is 15.5 Å². The number of ether oxygens (including phenoxy) is 1. The topological polar surface area (TPSA) is 87.7 Å². The summed E-state index contributed by atoms with van der Waals surface area (Å²) in [5.41, 5.74) is 0.834. The minimum absolute atomic E-state index is 0.0805. The van der Waals surface area contributed by atoms with E-state index in [1.165, 1.54) is 0 Å². The first-order chi connectivity index (χ1) is 11.2. The molecule has 7 nitrogen and oxygen atoms in total. The summed E-state index contributed by atoms with van der Waals surface area (Å²) in [5.74, 6) is -0.626. The van der Waals surface area contributed by atoms with Gasteiger partial charge in [-0.1, -0.05) is 12.1 Å². The van der Waals surface area contributed by atoms with E-state index in [9.17, 15) is 14.4 Å². The van der Waals surface area contributed by atoms with Crippen molar-refractivity contribution in [3.63, 3.8) is 0 Å². The molecule has 2 heterocycles. The first-order valence-electron chi connectivity index (χ1n) is 7.75. The molecule has 1 saturated heterocycles. The van der Waals surface area contributed by atoms with Crippen LogP contribution in [0.2, 0.25) is 0 Å². The first-order valence-corrected chi connectivity index (χ1v) is 7.75. The minimum Gasteiger partial charge on any atom is -0.376 e. The molecule has 0 spiro atoms. The molecule has 0 aromatic heterocycles. The number of nitrogens with one attached hydrogen (secondary N) is 2. The minimum atomic E-state index is -0.322. The molecule has 1 unspecified atom stereocenters. The van der Waals surface area contributed by atoms with Crippen molar-refractivity contribution in [3.05, 3.63) is 35.4 Å². The smallest absolute Gasteiger partial charge is 0.314 e. The molecule has 1 fully saturated rings. The van der Waals surface area contributed by atoms with Gasteiger partial charge in [-0.05, 0) is 25.0 Å². The van der Waals surface area contributed by atoms with Gasteiger partial charge in [0, 0.05) is 26.2 Å². The van der Waals surface area contributed by atoms with Crippen molar-refractivity contribution in [3.8, 4) is 0 Å². The Balaban J connectivity index is 1.43. The van der Waals surface area contributed by atoms with Crippen molar-refractivity contribution >= 4 is 17.8 Å². The van der Waals surface area contributed by atoms with E-state index in [4.69, 9.17) is 4.74 Å². The average Bonchev–Trinajstić information content (AvgIpc) is 3.16. The van der Waals surface area contributed by atoms with Gasteiger partial charge in [-0.25, -0.2) is 4.79 Å². The van der Waals surface area contributed by atoms with Crippen molar-refractivity contribution in [2.75, 3.05) is 26.2 Å². The molecule has 0 aliphatic carbocycles. The highest BCUT2D eigenvalue weighted by atomic mass is 16.5. The predicted molar refractivity (Wildman–Crippen MR) is 82.2 cm³/mol. The highest BCUT2D eigenvalue weighted by Gasteiger charge is 2.34. The van der Waals surface area contributed by atoms with E-state index in [0.717, 1.165) is 24.3 Å². The van der Waals surface area contributed by atoms with Crippen LogP contribution in [0.15, 0.2) is 24.3 Å². The van der Waals surface area contributed by atoms with Gasteiger partial charge >= 0.3 is 6.03 Å². The van der Waals surface area contributed by atoms with Crippen LogP contribution in [0.25, 0.3) is 0 Å². The van der Waals surface area contributed by atoms with E-state index in [0.29, 0.717) is 17.7 Å². The third-order valence-corrected chi connectivity index (χ3v) is 4.01. The van der Waals surface area contributed by atoms with Gasteiger partial charge in [0.1, 0.15) is 0 Å². The van der Waals surface area contributed by atoms with Gasteiger partial charge < -0.3 is 15.4 Å². The maximum Gasteiger partial charge on any atom is 0.314 e. The quantitative estimate of drug-likeness (QED) is 0.785. The maximum atomic E-state index is 12.1. The van der Waals surface area contributed by atoms with Crippen LogP contribution in [0, 0.1) is 0 Å². The predicted octanol–water partition coefficient (Wildman–Crippen LogP) is 0.761. The van der Waals surface area contributed by atoms with E-state index in [-0.39, 0.29) is 37.0 Å². The zero-order valence-electron chi connectivity index (χ0n) is 12.7. The lowest BCUT2D eigenvalue weighted by Crippen LogP contribution is -2.43. The maximum absolute atomic E-state index is 12.1. The number of urea groups is 1. The molecule has 2 aliphatic heterocycles. The number of benzene rings is 1. The fourth-order valence-electron chi connectivity index (χ4n) is 2.80. The number of amides is 4. The van der Waals surface area contributed by atoms with Gasteiger partial charge in [0.15, 0.2) is 0 Å². The lowest BCUT2D eigenvalue weighted by molar-refractivity contribution is 0.0656. The van der Waals surface area contributed by atoms with Gasteiger partial charge in [-0.2, -0.15) is 0 Å². The fraction of sp³-hybridized carbons (Fsp3) is 0.438. The summed E-state index contributed by atoms with van der Waals surface area (Å²) < 4.78 is 5.41. The van der Waals surface area contributed by atoms with Crippen LogP contribution in [0.1, 0.15) is 33.6 Å². The highest BCUT2D eigenvalue weighted by molar-refractivity contribution is 6.21. The molecule has 7 heteroatoms. The van der Waals surface area contributed by atoms with E-state index in [2.05, 4.69) is 10.6 Å². The lowest BCUT2D eigenvalue weighted by Gasteiger charge is -2.15. The van der Waals surface area contributed by atoms with Crippen molar-refractivity contribution in [2.45, 2.75) is 18.9 Å². The highest BCUT2D eigenvalue weighted by Crippen LogP contribution is 2.21. The van der Waals surface area contributed by atoms with Gasteiger partial charge in [0.05, 0.1) is 17.2 Å². The van der Waals surface area contributed by atoms with Gasteiger partial charge in [0.25, 0.3) is 11.8 Å². The van der Waals surface area contributed by atoms with E-state index in [1.54, 1.807) is 24.3 Å². The number of rotatable bonds is 5. The summed E-state index contributed by atoms with van der Waals surface area (Å²) in [5, 5.41) is 5.38. The van der Waals surface area contributed by atoms with Crippen LogP contribution < -0.4 is 10.6 Å². The normalized spacial score (nSPS) is 19.8. The van der Waals surface area contributed by atoms with Crippen molar-refractivity contribution < 1.29 is 19.1 Å². The van der Waals surface area contributed by atoms with E-state index < -0.39 is 0 Å². The average molecular weight is 317 g/mol. The first kappa shape index (κ1) is 15.5. The third-order valence-electron chi connectivity index (χ3n) is 4.01. The van der Waals surface area contributed by atoms with Crippen molar-refractivity contribution in [2.24, 2.45) is 0 Å². The van der Waals surface area contributed by atoms with Gasteiger partial charge in [-0.3, -0.25) is 14.5 Å². The zero-order chi connectivity index (χ0) is 16.2. The van der Waals surface area contributed by atoms with Gasteiger partial charge in [0.2, 0.25) is 0 Å². The fourth-order valence-corrected chi connectivity index (χ4v) is 2.80. The molecule has 1 aromatic rings. The molecule has 2 aliphatic rings. The van der Waals surface area contributed by atoms with Crippen LogP contribution in [0.4, 0.5) is 4.79 Å². The molecular formula is C16H19N3O4. The van der Waals surface area contributed by atoms with Crippen molar-refractivity contribution in [1.29, 1.82) is 0 Å².